The molecule has 0 aliphatic carbocycles. The molecule has 0 amide bonds. The smallest absolute Gasteiger partial charge is 0.326 e. The van der Waals surface area contributed by atoms with Crippen LogP contribution in [0.2, 0.25) is 0 Å². The molecule has 24 heteroatoms. The maximum absolute atomic E-state index is 13.7. The number of halogens is 23. The Bertz CT molecular complexity index is 888. The van der Waals surface area contributed by atoms with Crippen LogP contribution in [0.1, 0.15) is 0 Å². The molecule has 39 heavy (non-hydrogen) atoms. The summed E-state index contributed by atoms with van der Waals surface area (Å²) in [6.07, 6.45) is -8.08. The molecule has 0 unspecified atom stereocenters. The van der Waals surface area contributed by atoms with E-state index in [-0.39, 0.29) is 0 Å². The summed E-state index contributed by atoms with van der Waals surface area (Å²) in [7, 11) is 1.30. The molecule has 0 aromatic carbocycles. The molecule has 0 aromatic rings. The topological polar surface area (TPSA) is 0 Å². The Kier molecular flexibility index (Phi) is 8.55. The van der Waals surface area contributed by atoms with Crippen LogP contribution in [0.15, 0.2) is 0 Å². The monoisotopic (exact) mass is 642 g/mol. The minimum absolute atomic E-state index is 0.433. The summed E-state index contributed by atoms with van der Waals surface area (Å²) in [4.78, 5) is 0. The molecule has 0 fully saturated rings. The zero-order chi connectivity index (χ0) is 32.7. The van der Waals surface area contributed by atoms with Crippen molar-refractivity contribution in [2.75, 3.05) is 27.7 Å². The van der Waals surface area contributed by atoms with Crippen molar-refractivity contribution in [3.8, 4) is 0 Å². The molecule has 0 radical (unpaired) electrons. The van der Waals surface area contributed by atoms with Gasteiger partial charge in [0.2, 0.25) is 0 Å². The second-order valence-corrected chi connectivity index (χ2v) is 8.82. The van der Waals surface area contributed by atoms with Crippen molar-refractivity contribution >= 4 is 0 Å². The summed E-state index contributed by atoms with van der Waals surface area (Å²) in [5, 5.41) is 0. The first-order valence-electron chi connectivity index (χ1n) is 8.86. The van der Waals surface area contributed by atoms with Crippen molar-refractivity contribution in [1.82, 2.24) is 0 Å². The van der Waals surface area contributed by atoms with E-state index >= 15 is 0 Å². The second kappa shape index (κ2) is 8.92. The zero-order valence-electron chi connectivity index (χ0n) is 18.3. The molecule has 0 aliphatic heterocycles. The molecule has 0 heterocycles. The zero-order valence-corrected chi connectivity index (χ0v) is 18.3. The number of alkyl halides is 23. The Morgan fingerprint density at radius 3 is 0.667 bits per heavy atom. The number of hydrogen-bond acceptors (Lipinski definition) is 0. The highest BCUT2D eigenvalue weighted by atomic mass is 19.4. The van der Waals surface area contributed by atoms with Crippen LogP contribution < -0.4 is 0 Å². The van der Waals surface area contributed by atoms with E-state index in [2.05, 4.69) is 0 Å². The van der Waals surface area contributed by atoms with Gasteiger partial charge in [0.1, 0.15) is 6.54 Å². The number of hydrogen-bond donors (Lipinski definition) is 0. The van der Waals surface area contributed by atoms with Gasteiger partial charge in [-0.25, -0.2) is 0 Å². The summed E-state index contributed by atoms with van der Waals surface area (Å²) in [5.41, 5.74) is 0. The molecular formula is C15H11F23N+. The van der Waals surface area contributed by atoms with Crippen LogP contribution in [-0.2, 0) is 0 Å². The SMILES string of the molecule is C[N+](C)(C)CC(F)(F)C(F)(F)C(F)(F)C(F)(F)C(F)(F)C(F)(F)C(F)(F)C(F)(F)C(F)(F)C(F)(F)C(F)(F)F. The highest BCUT2D eigenvalue weighted by molar-refractivity contribution is 5.18. The van der Waals surface area contributed by atoms with Gasteiger partial charge in [0.05, 0.1) is 21.1 Å². The average Bonchev–Trinajstić information content (AvgIpc) is 2.63. The van der Waals surface area contributed by atoms with Crippen molar-refractivity contribution < 1.29 is 105 Å². The fourth-order valence-electron chi connectivity index (χ4n) is 2.48. The molecule has 1 nitrogen and oxygen atoms in total. The first-order chi connectivity index (χ1) is 16.2. The molecule has 0 aliphatic rings. The highest BCUT2D eigenvalue weighted by Crippen LogP contribution is 2.67. The van der Waals surface area contributed by atoms with Crippen LogP contribution in [0.4, 0.5) is 101 Å². The lowest BCUT2D eigenvalue weighted by Gasteiger charge is -2.45. The van der Waals surface area contributed by atoms with Gasteiger partial charge >= 0.3 is 65.4 Å². The van der Waals surface area contributed by atoms with Gasteiger partial charge in [-0.05, 0) is 0 Å². The Morgan fingerprint density at radius 1 is 0.308 bits per heavy atom. The second-order valence-electron chi connectivity index (χ2n) is 8.82. The molecule has 236 valence electrons. The number of nitrogens with zero attached hydrogens (tertiary/aromatic N) is 1. The third kappa shape index (κ3) is 4.82. The van der Waals surface area contributed by atoms with Gasteiger partial charge in [-0.2, -0.15) is 101 Å². The van der Waals surface area contributed by atoms with Crippen molar-refractivity contribution in [1.29, 1.82) is 0 Å². The van der Waals surface area contributed by atoms with Crippen LogP contribution >= 0.6 is 0 Å². The third-order valence-corrected chi connectivity index (χ3v) is 4.64. The average molecular weight is 642 g/mol. The Labute approximate surface area is 200 Å². The Morgan fingerprint density at radius 2 is 0.487 bits per heavy atom. The molecule has 0 saturated heterocycles. The summed E-state index contributed by atoms with van der Waals surface area (Å²) in [6, 6.07) is 0. The maximum Gasteiger partial charge on any atom is 0.460 e. The molecule has 0 atom stereocenters. The lowest BCUT2D eigenvalue weighted by atomic mass is 9.85. The number of quaternary nitrogens is 1. The van der Waals surface area contributed by atoms with Gasteiger partial charge in [-0.3, -0.25) is 0 Å². The van der Waals surface area contributed by atoms with Crippen LogP contribution in [0.25, 0.3) is 0 Å². The van der Waals surface area contributed by atoms with Crippen LogP contribution in [0.5, 0.6) is 0 Å². The van der Waals surface area contributed by atoms with E-state index in [1.165, 1.54) is 0 Å². The van der Waals surface area contributed by atoms with Gasteiger partial charge in [0, 0.05) is 0 Å². The maximum atomic E-state index is 13.7. The third-order valence-electron chi connectivity index (χ3n) is 4.64. The first kappa shape index (κ1) is 37.4. The summed E-state index contributed by atoms with van der Waals surface area (Å²) >= 11 is 0. The van der Waals surface area contributed by atoms with E-state index in [0.717, 1.165) is 0 Å². The van der Waals surface area contributed by atoms with Crippen LogP contribution in [-0.4, -0.2) is 97.6 Å². The minimum Gasteiger partial charge on any atom is -0.326 e. The van der Waals surface area contributed by atoms with E-state index < -0.39 is 76.4 Å². The van der Waals surface area contributed by atoms with Gasteiger partial charge in [0.15, 0.2) is 0 Å². The highest BCUT2D eigenvalue weighted by Gasteiger charge is 2.98. The molecule has 0 rings (SSSR count). The van der Waals surface area contributed by atoms with E-state index in [1.54, 1.807) is 0 Å². The van der Waals surface area contributed by atoms with Crippen molar-refractivity contribution in [2.24, 2.45) is 0 Å². The van der Waals surface area contributed by atoms with Crippen molar-refractivity contribution in [3.63, 3.8) is 0 Å². The predicted octanol–water partition coefficient (Wildman–Crippen LogP) is 7.61. The van der Waals surface area contributed by atoms with Gasteiger partial charge in [-0.1, -0.05) is 0 Å². The van der Waals surface area contributed by atoms with Crippen molar-refractivity contribution in [2.45, 2.75) is 65.4 Å². The summed E-state index contributed by atoms with van der Waals surface area (Å²) < 4.78 is 303. The predicted molar refractivity (Wildman–Crippen MR) is 78.4 cm³/mol. The van der Waals surface area contributed by atoms with E-state index in [0.29, 0.717) is 21.1 Å². The normalized spacial score (nSPS) is 17.1. The van der Waals surface area contributed by atoms with Gasteiger partial charge in [-0.15, -0.1) is 0 Å². The lowest BCUT2D eigenvalue weighted by molar-refractivity contribution is -0.880. The molecule has 0 aromatic heterocycles. The minimum atomic E-state index is -9.37. The molecular weight excluding hydrogens is 631 g/mol. The molecule has 0 N–H and O–H groups in total. The fraction of sp³-hybridized carbons (Fsp3) is 1.00. The number of rotatable bonds is 11. The summed E-state index contributed by atoms with van der Waals surface area (Å²) in [6.45, 7) is -2.74. The fourth-order valence-corrected chi connectivity index (χ4v) is 2.48. The Balaban J connectivity index is 7.21. The Hall–Kier alpha value is -1.65. The molecule has 0 saturated carbocycles. The first-order valence-corrected chi connectivity index (χ1v) is 8.86. The van der Waals surface area contributed by atoms with E-state index in [1.807, 2.05) is 0 Å². The van der Waals surface area contributed by atoms with E-state index in [4.69, 9.17) is 0 Å². The van der Waals surface area contributed by atoms with Crippen LogP contribution in [0.3, 0.4) is 0 Å². The van der Waals surface area contributed by atoms with E-state index in [9.17, 15) is 101 Å². The van der Waals surface area contributed by atoms with Crippen molar-refractivity contribution in [3.05, 3.63) is 0 Å². The largest absolute Gasteiger partial charge is 0.460 e. The van der Waals surface area contributed by atoms with Gasteiger partial charge in [0.25, 0.3) is 0 Å². The molecule has 0 bridgehead atoms. The lowest BCUT2D eigenvalue weighted by Crippen LogP contribution is -2.78. The van der Waals surface area contributed by atoms with Crippen LogP contribution in [0, 0.1) is 0 Å². The summed E-state index contributed by atoms with van der Waals surface area (Å²) in [5.74, 6) is -87.1. The van der Waals surface area contributed by atoms with Gasteiger partial charge < -0.3 is 4.48 Å². The quantitative estimate of drug-likeness (QED) is 0.161. The standard InChI is InChI=1S/C15H11F23N/c1-39(2,3)4-5(16,17)6(18,19)7(20,21)8(22,23)9(24,25)10(26,27)11(28,29)12(30,31)13(32,33)14(34,35)15(36,37)38/h4H2,1-3H3/q+1. The molecule has 0 spiro atoms.